The van der Waals surface area contributed by atoms with Crippen LogP contribution in [0, 0.1) is 0 Å². The largest absolute Gasteiger partial charge is 0.495 e. The van der Waals surface area contributed by atoms with E-state index >= 15 is 0 Å². The minimum Gasteiger partial charge on any atom is -0.495 e. The quantitative estimate of drug-likeness (QED) is 0.835. The van der Waals surface area contributed by atoms with E-state index in [9.17, 15) is 0 Å². The summed E-state index contributed by atoms with van der Waals surface area (Å²) in [5, 5.41) is 0.681. The Bertz CT molecular complexity index is 416. The number of halogens is 1. The second-order valence-corrected chi connectivity index (χ2v) is 4.98. The summed E-state index contributed by atoms with van der Waals surface area (Å²) in [4.78, 5) is 4.45. The summed E-state index contributed by atoms with van der Waals surface area (Å²) in [6.45, 7) is 1.97. The number of nitrogen functional groups attached to an aromatic ring is 1. The van der Waals surface area contributed by atoms with Crippen molar-refractivity contribution in [3.8, 4) is 5.75 Å². The van der Waals surface area contributed by atoms with E-state index in [-0.39, 0.29) is 0 Å². The third kappa shape index (κ3) is 2.28. The summed E-state index contributed by atoms with van der Waals surface area (Å²) in [5.41, 5.74) is 7.37. The lowest BCUT2D eigenvalue weighted by Crippen LogP contribution is -2.57. The number of anilines is 2. The fourth-order valence-corrected chi connectivity index (χ4v) is 2.25. The van der Waals surface area contributed by atoms with Gasteiger partial charge in [0.1, 0.15) is 5.75 Å². The Morgan fingerprint density at radius 1 is 1.41 bits per heavy atom. The molecular weight excluding hydrogens is 238 g/mol. The van der Waals surface area contributed by atoms with Gasteiger partial charge < -0.3 is 20.3 Å². The second-order valence-electron chi connectivity index (χ2n) is 4.57. The predicted octanol–water partition coefficient (Wildman–Crippen LogP) is 1.68. The molecule has 0 amide bonds. The van der Waals surface area contributed by atoms with E-state index < -0.39 is 0 Å². The molecule has 1 aromatic rings. The molecule has 0 saturated carbocycles. The lowest BCUT2D eigenvalue weighted by molar-refractivity contribution is 0.247. The van der Waals surface area contributed by atoms with Gasteiger partial charge in [0.2, 0.25) is 0 Å². The number of rotatable bonds is 3. The molecule has 17 heavy (non-hydrogen) atoms. The summed E-state index contributed by atoms with van der Waals surface area (Å²) >= 11 is 6.20. The van der Waals surface area contributed by atoms with E-state index in [1.165, 1.54) is 0 Å². The molecule has 0 aromatic heterocycles. The van der Waals surface area contributed by atoms with Crippen LogP contribution in [0.1, 0.15) is 0 Å². The number of benzene rings is 1. The Hall–Kier alpha value is -1.13. The molecule has 4 nitrogen and oxygen atoms in total. The molecule has 2 N–H and O–H groups in total. The minimum atomic E-state index is 0.575. The molecule has 0 aliphatic carbocycles. The molecular formula is C12H18ClN3O. The molecule has 0 unspecified atom stereocenters. The van der Waals surface area contributed by atoms with Crippen LogP contribution in [0.25, 0.3) is 0 Å². The highest BCUT2D eigenvalue weighted by Crippen LogP contribution is 2.37. The van der Waals surface area contributed by atoms with E-state index in [4.69, 9.17) is 22.1 Å². The SMILES string of the molecule is COc1cc(N2CC(N(C)C)C2)c(Cl)cc1N. The van der Waals surface area contributed by atoms with Crippen LogP contribution in [-0.2, 0) is 0 Å². The summed E-state index contributed by atoms with van der Waals surface area (Å²) in [5.74, 6) is 0.678. The number of methoxy groups -OCH3 is 1. The van der Waals surface area contributed by atoms with Gasteiger partial charge in [-0.05, 0) is 20.2 Å². The van der Waals surface area contributed by atoms with E-state index in [1.807, 2.05) is 6.07 Å². The molecule has 1 saturated heterocycles. The third-order valence-corrected chi connectivity index (χ3v) is 3.54. The highest BCUT2D eigenvalue weighted by molar-refractivity contribution is 6.33. The van der Waals surface area contributed by atoms with Crippen molar-refractivity contribution in [2.45, 2.75) is 6.04 Å². The van der Waals surface area contributed by atoms with Crippen LogP contribution in [0.15, 0.2) is 12.1 Å². The Morgan fingerprint density at radius 2 is 2.06 bits per heavy atom. The number of hydrogen-bond donors (Lipinski definition) is 1. The van der Waals surface area contributed by atoms with Gasteiger partial charge in [0, 0.05) is 25.2 Å². The molecule has 2 rings (SSSR count). The van der Waals surface area contributed by atoms with Crippen molar-refractivity contribution < 1.29 is 4.74 Å². The van der Waals surface area contributed by atoms with Crippen LogP contribution in [0.3, 0.4) is 0 Å². The number of ether oxygens (including phenoxy) is 1. The monoisotopic (exact) mass is 255 g/mol. The molecule has 0 atom stereocenters. The van der Waals surface area contributed by atoms with Gasteiger partial charge >= 0.3 is 0 Å². The van der Waals surface area contributed by atoms with Crippen LogP contribution >= 0.6 is 11.6 Å². The van der Waals surface area contributed by atoms with Crippen LogP contribution < -0.4 is 15.4 Å². The molecule has 1 fully saturated rings. The van der Waals surface area contributed by atoms with Crippen LogP contribution in [0.4, 0.5) is 11.4 Å². The first-order valence-electron chi connectivity index (χ1n) is 5.57. The molecule has 5 heteroatoms. The molecule has 0 spiro atoms. The van der Waals surface area contributed by atoms with E-state index in [0.717, 1.165) is 18.8 Å². The smallest absolute Gasteiger partial charge is 0.143 e. The van der Waals surface area contributed by atoms with Gasteiger partial charge in [0.25, 0.3) is 0 Å². The summed E-state index contributed by atoms with van der Waals surface area (Å²) in [6, 6.07) is 4.25. The highest BCUT2D eigenvalue weighted by Gasteiger charge is 2.30. The number of nitrogens with two attached hydrogens (primary N) is 1. The summed E-state index contributed by atoms with van der Waals surface area (Å²) in [6.07, 6.45) is 0. The molecule has 1 heterocycles. The zero-order valence-electron chi connectivity index (χ0n) is 10.4. The Labute approximate surface area is 107 Å². The molecule has 1 aromatic carbocycles. The van der Waals surface area contributed by atoms with E-state index in [2.05, 4.69) is 23.9 Å². The number of likely N-dealkylation sites (N-methyl/N-ethyl adjacent to an activating group) is 1. The van der Waals surface area contributed by atoms with E-state index in [0.29, 0.717) is 22.5 Å². The number of hydrogen-bond acceptors (Lipinski definition) is 4. The van der Waals surface area contributed by atoms with Gasteiger partial charge in [-0.25, -0.2) is 0 Å². The zero-order valence-corrected chi connectivity index (χ0v) is 11.2. The maximum absolute atomic E-state index is 6.20. The first-order valence-corrected chi connectivity index (χ1v) is 5.95. The first kappa shape index (κ1) is 12.3. The van der Waals surface area contributed by atoms with Crippen LogP contribution in [-0.4, -0.2) is 45.2 Å². The van der Waals surface area contributed by atoms with Crippen molar-refractivity contribution in [2.75, 3.05) is 44.9 Å². The van der Waals surface area contributed by atoms with Crippen molar-refractivity contribution in [1.29, 1.82) is 0 Å². The van der Waals surface area contributed by atoms with Gasteiger partial charge in [-0.15, -0.1) is 0 Å². The molecule has 0 radical (unpaired) electrons. The fourth-order valence-electron chi connectivity index (χ4n) is 1.96. The second kappa shape index (κ2) is 4.63. The summed E-state index contributed by atoms with van der Waals surface area (Å²) in [7, 11) is 5.79. The molecule has 1 aliphatic rings. The molecule has 94 valence electrons. The van der Waals surface area contributed by atoms with Crippen molar-refractivity contribution in [2.24, 2.45) is 0 Å². The first-order chi connectivity index (χ1) is 8.02. The lowest BCUT2D eigenvalue weighted by atomic mass is 10.1. The Morgan fingerprint density at radius 3 is 2.59 bits per heavy atom. The van der Waals surface area contributed by atoms with Crippen LogP contribution in [0.5, 0.6) is 5.75 Å². The van der Waals surface area contributed by atoms with Crippen molar-refractivity contribution in [1.82, 2.24) is 4.90 Å². The number of nitrogens with zero attached hydrogens (tertiary/aromatic N) is 2. The van der Waals surface area contributed by atoms with Crippen molar-refractivity contribution >= 4 is 23.0 Å². The maximum atomic E-state index is 6.20. The maximum Gasteiger partial charge on any atom is 0.143 e. The Balaban J connectivity index is 2.17. The normalized spacial score (nSPS) is 16.2. The average Bonchev–Trinajstić information content (AvgIpc) is 2.18. The lowest BCUT2D eigenvalue weighted by Gasteiger charge is -2.44. The van der Waals surface area contributed by atoms with Crippen molar-refractivity contribution in [3.05, 3.63) is 17.2 Å². The summed E-state index contributed by atoms with van der Waals surface area (Å²) < 4.78 is 5.21. The molecule has 1 aliphatic heterocycles. The van der Waals surface area contributed by atoms with Gasteiger partial charge in [-0.1, -0.05) is 11.6 Å². The molecule has 0 bridgehead atoms. The minimum absolute atomic E-state index is 0.575. The third-order valence-electron chi connectivity index (χ3n) is 3.23. The van der Waals surface area contributed by atoms with E-state index in [1.54, 1.807) is 13.2 Å². The van der Waals surface area contributed by atoms with Gasteiger partial charge in [-0.2, -0.15) is 0 Å². The fraction of sp³-hybridized carbons (Fsp3) is 0.500. The predicted molar refractivity (Wildman–Crippen MR) is 72.1 cm³/mol. The van der Waals surface area contributed by atoms with Gasteiger partial charge in [-0.3, -0.25) is 0 Å². The standard InChI is InChI=1S/C12H18ClN3O/c1-15(2)8-6-16(7-8)11-5-12(17-3)10(14)4-9(11)13/h4-5,8H,6-7,14H2,1-3H3. The zero-order chi connectivity index (χ0) is 12.6. The van der Waals surface area contributed by atoms with Crippen molar-refractivity contribution in [3.63, 3.8) is 0 Å². The van der Waals surface area contributed by atoms with Crippen LogP contribution in [0.2, 0.25) is 5.02 Å². The van der Waals surface area contributed by atoms with Gasteiger partial charge in [0.15, 0.2) is 0 Å². The topological polar surface area (TPSA) is 41.7 Å². The van der Waals surface area contributed by atoms with Gasteiger partial charge in [0.05, 0.1) is 23.5 Å². The highest BCUT2D eigenvalue weighted by atomic mass is 35.5. The average molecular weight is 256 g/mol. The Kier molecular flexibility index (Phi) is 3.35.